The maximum atomic E-state index is 12.1. The Kier molecular flexibility index (Phi) is 8.85. The van der Waals surface area contributed by atoms with Crippen molar-refractivity contribution in [1.29, 1.82) is 0 Å². The van der Waals surface area contributed by atoms with E-state index in [4.69, 9.17) is 15.6 Å². The van der Waals surface area contributed by atoms with Crippen molar-refractivity contribution in [2.24, 2.45) is 0 Å². The number of anilines is 1. The highest BCUT2D eigenvalue weighted by Crippen LogP contribution is 2.27. The molecule has 1 aromatic heterocycles. The Bertz CT molecular complexity index is 878. The number of rotatable bonds is 8. The van der Waals surface area contributed by atoms with Gasteiger partial charge in [-0.3, -0.25) is 9.36 Å². The number of hydrogen-bond donors (Lipinski definition) is 4. The molecule has 0 aromatic carbocycles. The molecule has 0 aliphatic carbocycles. The van der Waals surface area contributed by atoms with Gasteiger partial charge in [-0.2, -0.15) is 18.2 Å². The Morgan fingerprint density at radius 3 is 2.71 bits per heavy atom. The van der Waals surface area contributed by atoms with Crippen LogP contribution in [0.4, 0.5) is 19.0 Å². The van der Waals surface area contributed by atoms with Crippen LogP contribution in [0.1, 0.15) is 50.3 Å². The van der Waals surface area contributed by atoms with E-state index >= 15 is 0 Å². The third-order valence-corrected chi connectivity index (χ3v) is 4.62. The van der Waals surface area contributed by atoms with Crippen molar-refractivity contribution in [2.45, 2.75) is 63.1 Å². The Labute approximate surface area is 176 Å². The number of ether oxygens (including phenoxy) is 1. The zero-order valence-corrected chi connectivity index (χ0v) is 16.7. The molecule has 1 fully saturated rings. The number of aliphatic hydroxyl groups is 2. The van der Waals surface area contributed by atoms with E-state index in [1.165, 1.54) is 6.20 Å². The molecule has 3 atom stereocenters. The lowest BCUT2D eigenvalue weighted by molar-refractivity contribution is -0.173. The quantitative estimate of drug-likeness (QED) is 0.336. The van der Waals surface area contributed by atoms with Gasteiger partial charge in [0.05, 0.1) is 18.3 Å². The van der Waals surface area contributed by atoms with E-state index in [2.05, 4.69) is 16.8 Å². The first-order valence-corrected chi connectivity index (χ1v) is 9.80. The topological polar surface area (TPSA) is 140 Å². The SMILES string of the molecule is Nc1nc(=O)n([C@@H]2O[C@H](CO)C[C@H]2O)cc1C#CCCCCCCNC(=O)C(F)(F)F. The van der Waals surface area contributed by atoms with Gasteiger partial charge in [-0.1, -0.05) is 24.7 Å². The molecule has 1 aromatic rings. The van der Waals surface area contributed by atoms with Gasteiger partial charge in [0, 0.05) is 25.6 Å². The molecule has 0 unspecified atom stereocenters. The maximum absolute atomic E-state index is 12.1. The predicted octanol–water partition coefficient (Wildman–Crippen LogP) is 0.447. The summed E-state index contributed by atoms with van der Waals surface area (Å²) >= 11 is 0. The Balaban J connectivity index is 1.81. The summed E-state index contributed by atoms with van der Waals surface area (Å²) in [6.45, 7) is -0.327. The van der Waals surface area contributed by atoms with Gasteiger partial charge in [0.2, 0.25) is 0 Å². The Hall–Kier alpha value is -2.62. The molecule has 172 valence electrons. The summed E-state index contributed by atoms with van der Waals surface area (Å²) in [6, 6.07) is 0. The normalized spacial score (nSPS) is 20.9. The van der Waals surface area contributed by atoms with Gasteiger partial charge in [-0.05, 0) is 12.8 Å². The van der Waals surface area contributed by atoms with Crippen LogP contribution in [0.2, 0.25) is 0 Å². The van der Waals surface area contributed by atoms with Crippen molar-refractivity contribution in [1.82, 2.24) is 14.9 Å². The smallest absolute Gasteiger partial charge is 0.394 e. The zero-order valence-electron chi connectivity index (χ0n) is 16.7. The number of carbonyl (C=O) groups is 1. The molecular weight excluding hydrogens is 421 g/mol. The number of alkyl halides is 3. The lowest BCUT2D eigenvalue weighted by Gasteiger charge is -2.17. The molecule has 1 aliphatic rings. The maximum Gasteiger partial charge on any atom is 0.471 e. The average Bonchev–Trinajstić information content (AvgIpc) is 3.07. The number of hydrogen-bond acceptors (Lipinski definition) is 7. The number of amides is 1. The molecule has 2 rings (SSSR count). The molecule has 0 radical (unpaired) electrons. The van der Waals surface area contributed by atoms with Crippen LogP contribution in [-0.4, -0.2) is 57.2 Å². The van der Waals surface area contributed by atoms with E-state index in [1.54, 1.807) is 0 Å². The van der Waals surface area contributed by atoms with Crippen LogP contribution in [0, 0.1) is 11.8 Å². The number of unbranched alkanes of at least 4 members (excludes halogenated alkanes) is 4. The number of aromatic nitrogens is 2. The summed E-state index contributed by atoms with van der Waals surface area (Å²) < 4.78 is 42.6. The molecule has 5 N–H and O–H groups in total. The van der Waals surface area contributed by atoms with Crippen LogP contribution >= 0.6 is 0 Å². The van der Waals surface area contributed by atoms with E-state index in [9.17, 15) is 27.9 Å². The fourth-order valence-corrected chi connectivity index (χ4v) is 3.01. The third-order valence-electron chi connectivity index (χ3n) is 4.62. The van der Waals surface area contributed by atoms with Gasteiger partial charge in [-0.25, -0.2) is 4.79 Å². The minimum atomic E-state index is -4.86. The van der Waals surface area contributed by atoms with Crippen molar-refractivity contribution in [2.75, 3.05) is 18.9 Å². The highest BCUT2D eigenvalue weighted by atomic mass is 19.4. The zero-order chi connectivity index (χ0) is 23.0. The largest absolute Gasteiger partial charge is 0.471 e. The first kappa shape index (κ1) is 24.6. The third kappa shape index (κ3) is 7.23. The number of nitrogens with one attached hydrogen (secondary N) is 1. The van der Waals surface area contributed by atoms with Crippen molar-refractivity contribution in [3.05, 3.63) is 22.2 Å². The first-order chi connectivity index (χ1) is 14.6. The molecular formula is C19H25F3N4O5. The highest BCUT2D eigenvalue weighted by Gasteiger charge is 2.38. The summed E-state index contributed by atoms with van der Waals surface area (Å²) in [4.78, 5) is 26.5. The van der Waals surface area contributed by atoms with Crippen molar-refractivity contribution in [3.8, 4) is 11.8 Å². The van der Waals surface area contributed by atoms with Crippen LogP contribution in [-0.2, 0) is 9.53 Å². The van der Waals surface area contributed by atoms with E-state index < -0.39 is 36.2 Å². The molecule has 1 saturated heterocycles. The van der Waals surface area contributed by atoms with Gasteiger partial charge < -0.3 is 26.0 Å². The van der Waals surface area contributed by atoms with Crippen molar-refractivity contribution < 1.29 is 32.9 Å². The second kappa shape index (κ2) is 11.1. The minimum Gasteiger partial charge on any atom is -0.394 e. The van der Waals surface area contributed by atoms with Crippen molar-refractivity contribution >= 4 is 11.7 Å². The van der Waals surface area contributed by atoms with Gasteiger partial charge in [0.15, 0.2) is 6.23 Å². The summed E-state index contributed by atoms with van der Waals surface area (Å²) in [5, 5.41) is 21.0. The molecule has 12 heteroatoms. The van der Waals surface area contributed by atoms with Crippen molar-refractivity contribution in [3.63, 3.8) is 0 Å². The van der Waals surface area contributed by atoms with Crippen LogP contribution in [0.5, 0.6) is 0 Å². The molecule has 1 amide bonds. The van der Waals surface area contributed by atoms with Gasteiger partial charge in [-0.15, -0.1) is 0 Å². The summed E-state index contributed by atoms with van der Waals surface area (Å²) in [6.07, 6.45) is -2.93. The highest BCUT2D eigenvalue weighted by molar-refractivity contribution is 5.81. The second-order valence-corrected chi connectivity index (χ2v) is 7.08. The molecule has 9 nitrogen and oxygen atoms in total. The number of aliphatic hydroxyl groups excluding tert-OH is 2. The van der Waals surface area contributed by atoms with E-state index in [0.717, 1.165) is 4.57 Å². The van der Waals surface area contributed by atoms with E-state index in [1.807, 2.05) is 5.32 Å². The first-order valence-electron chi connectivity index (χ1n) is 9.80. The fraction of sp³-hybridized carbons (Fsp3) is 0.632. The Morgan fingerprint density at radius 2 is 2.06 bits per heavy atom. The van der Waals surface area contributed by atoms with Crippen LogP contribution in [0.3, 0.4) is 0 Å². The second-order valence-electron chi connectivity index (χ2n) is 7.08. The standard InChI is InChI=1S/C19H25F3N4O5/c20-19(21,22)17(29)24-8-6-4-2-1-3-5-7-12-10-26(18(30)25-15(12)23)16-14(28)9-13(11-27)31-16/h10,13-14,16,27-28H,1-4,6,8-9,11H2,(H,24,29)(H2,23,25,30)/t13-,14+,16+/m0/s1. The predicted molar refractivity (Wildman–Crippen MR) is 104 cm³/mol. The monoisotopic (exact) mass is 446 g/mol. The number of carbonyl (C=O) groups excluding carboxylic acids is 1. The van der Waals surface area contributed by atoms with E-state index in [0.29, 0.717) is 32.1 Å². The minimum absolute atomic E-state index is 0.0417. The molecule has 0 spiro atoms. The number of nitrogen functional groups attached to an aromatic ring is 1. The summed E-state index contributed by atoms with van der Waals surface area (Å²) in [5.74, 6) is 3.71. The lowest BCUT2D eigenvalue weighted by Crippen LogP contribution is -2.37. The molecule has 31 heavy (non-hydrogen) atoms. The number of halogens is 3. The Morgan fingerprint density at radius 1 is 1.35 bits per heavy atom. The molecule has 0 bridgehead atoms. The molecule has 0 saturated carbocycles. The molecule has 1 aliphatic heterocycles. The van der Waals surface area contributed by atoms with Gasteiger partial charge >= 0.3 is 17.8 Å². The van der Waals surface area contributed by atoms with E-state index in [-0.39, 0.29) is 31.0 Å². The lowest BCUT2D eigenvalue weighted by atomic mass is 10.1. The summed E-state index contributed by atoms with van der Waals surface area (Å²) in [5.41, 5.74) is 5.33. The number of nitrogens with zero attached hydrogens (tertiary/aromatic N) is 2. The number of nitrogens with two attached hydrogens (primary N) is 1. The summed E-state index contributed by atoms with van der Waals surface area (Å²) in [7, 11) is 0. The molecule has 2 heterocycles. The van der Waals surface area contributed by atoms with Crippen LogP contribution < -0.4 is 16.7 Å². The average molecular weight is 446 g/mol. The van der Waals surface area contributed by atoms with Gasteiger partial charge in [0.25, 0.3) is 0 Å². The van der Waals surface area contributed by atoms with Gasteiger partial charge in [0.1, 0.15) is 11.9 Å². The van der Waals surface area contributed by atoms with Crippen LogP contribution in [0.15, 0.2) is 11.0 Å². The fourth-order valence-electron chi connectivity index (χ4n) is 3.01. The van der Waals surface area contributed by atoms with Crippen LogP contribution in [0.25, 0.3) is 0 Å².